The molecule has 2 aromatic carbocycles. The van der Waals surface area contributed by atoms with E-state index in [4.69, 9.17) is 4.98 Å². The molecule has 0 aliphatic rings. The lowest BCUT2D eigenvalue weighted by Gasteiger charge is -2.11. The van der Waals surface area contributed by atoms with Gasteiger partial charge in [0.15, 0.2) is 0 Å². The molecule has 1 aromatic heterocycles. The lowest BCUT2D eigenvalue weighted by atomic mass is 10.2. The third-order valence-electron chi connectivity index (χ3n) is 3.38. The first-order valence-electron chi connectivity index (χ1n) is 6.57. The van der Waals surface area contributed by atoms with E-state index < -0.39 is 0 Å². The highest BCUT2D eigenvalue weighted by Gasteiger charge is 2.14. The number of fused-ring (bicyclic) bond motifs is 2. The number of anilines is 2. The summed E-state index contributed by atoms with van der Waals surface area (Å²) in [6.45, 7) is 0. The fourth-order valence-corrected chi connectivity index (χ4v) is 3.19. The number of rotatable bonds is 2. The van der Waals surface area contributed by atoms with E-state index in [0.717, 1.165) is 11.0 Å². The predicted octanol–water partition coefficient (Wildman–Crippen LogP) is 0.867. The van der Waals surface area contributed by atoms with Crippen molar-refractivity contribution in [2.75, 3.05) is 38.0 Å². The van der Waals surface area contributed by atoms with Crippen molar-refractivity contribution >= 4 is 43.1 Å². The van der Waals surface area contributed by atoms with E-state index in [1.54, 1.807) is 11.3 Å². The van der Waals surface area contributed by atoms with Crippen molar-refractivity contribution in [2.24, 2.45) is 0 Å². The van der Waals surface area contributed by atoms with Crippen molar-refractivity contribution in [2.45, 2.75) is 0 Å². The summed E-state index contributed by atoms with van der Waals surface area (Å²) >= 11 is 1.80. The van der Waals surface area contributed by atoms with Crippen molar-refractivity contribution in [3.05, 3.63) is 36.4 Å². The minimum atomic E-state index is 0. The molecule has 3 rings (SSSR count). The van der Waals surface area contributed by atoms with Crippen molar-refractivity contribution < 1.29 is 17.0 Å². The molecule has 0 saturated heterocycles. The second kappa shape index (κ2) is 6.12. The monoisotopic (exact) mass is 363 g/mol. The van der Waals surface area contributed by atoms with Crippen LogP contribution in [-0.2, 0) is 0 Å². The molecular weight excluding hydrogens is 346 g/mol. The average molecular weight is 364 g/mol. The third kappa shape index (κ3) is 3.09. The zero-order chi connectivity index (χ0) is 14.3. The van der Waals surface area contributed by atoms with Gasteiger partial charge in [-0.2, -0.15) is 0 Å². The molecule has 0 amide bonds. The maximum Gasteiger partial charge on any atom is 0.259 e. The highest BCUT2D eigenvalue weighted by atomic mass is 79.9. The molecule has 5 heteroatoms. The Hall–Kier alpha value is -1.46. The normalized spacial score (nSPS) is 10.5. The number of benzene rings is 2. The number of nitrogens with zero attached hydrogens (tertiary/aromatic N) is 3. The molecule has 0 atom stereocenters. The topological polar surface area (TPSA) is 19.4 Å². The van der Waals surface area contributed by atoms with Gasteiger partial charge in [0, 0.05) is 51.7 Å². The first-order chi connectivity index (χ1) is 9.54. The molecule has 21 heavy (non-hydrogen) atoms. The summed E-state index contributed by atoms with van der Waals surface area (Å²) in [5.74, 6) is 0. The van der Waals surface area contributed by atoms with Gasteiger partial charge in [0.1, 0.15) is 11.0 Å². The lowest BCUT2D eigenvalue weighted by molar-refractivity contribution is -0.00000406. The Balaban J connectivity index is 0.00000161. The minimum absolute atomic E-state index is 0. The van der Waals surface area contributed by atoms with Gasteiger partial charge < -0.3 is 26.8 Å². The SMILES string of the molecule is CN(C)c1ccc2nc3ccc(N(C)C)cc3[s+]c2c1.[Br-]. The van der Waals surface area contributed by atoms with Gasteiger partial charge in [-0.05, 0) is 24.3 Å². The molecule has 0 aliphatic carbocycles. The van der Waals surface area contributed by atoms with E-state index in [9.17, 15) is 0 Å². The number of halogens is 1. The molecule has 0 radical (unpaired) electrons. The van der Waals surface area contributed by atoms with Crippen LogP contribution in [0.3, 0.4) is 0 Å². The third-order valence-corrected chi connectivity index (χ3v) is 4.47. The van der Waals surface area contributed by atoms with Gasteiger partial charge in [0.2, 0.25) is 11.3 Å². The van der Waals surface area contributed by atoms with Crippen LogP contribution in [0.1, 0.15) is 0 Å². The van der Waals surface area contributed by atoms with Gasteiger partial charge in [-0.25, -0.2) is 4.98 Å². The summed E-state index contributed by atoms with van der Waals surface area (Å²) in [6.07, 6.45) is 0. The fraction of sp³-hybridized carbons (Fsp3) is 0.250. The van der Waals surface area contributed by atoms with Crippen molar-refractivity contribution in [1.82, 2.24) is 4.98 Å². The molecule has 3 nitrogen and oxygen atoms in total. The smallest absolute Gasteiger partial charge is 0.259 e. The maximum atomic E-state index is 4.75. The Morgan fingerprint density at radius 1 is 0.762 bits per heavy atom. The van der Waals surface area contributed by atoms with Crippen LogP contribution in [0.5, 0.6) is 0 Å². The van der Waals surface area contributed by atoms with Gasteiger partial charge in [0.05, 0.1) is 0 Å². The van der Waals surface area contributed by atoms with Crippen molar-refractivity contribution in [1.29, 1.82) is 0 Å². The average Bonchev–Trinajstić information content (AvgIpc) is 2.43. The molecule has 0 fully saturated rings. The van der Waals surface area contributed by atoms with E-state index in [-0.39, 0.29) is 17.0 Å². The van der Waals surface area contributed by atoms with E-state index in [0.29, 0.717) is 0 Å². The Labute approximate surface area is 139 Å². The zero-order valence-electron chi connectivity index (χ0n) is 12.6. The second-order valence-electron chi connectivity index (χ2n) is 5.31. The van der Waals surface area contributed by atoms with E-state index >= 15 is 0 Å². The van der Waals surface area contributed by atoms with Gasteiger partial charge >= 0.3 is 0 Å². The molecule has 0 aliphatic heterocycles. The first kappa shape index (κ1) is 15.9. The first-order valence-corrected chi connectivity index (χ1v) is 7.38. The zero-order valence-corrected chi connectivity index (χ0v) is 15.0. The molecule has 0 spiro atoms. The quantitative estimate of drug-likeness (QED) is 0.497. The standard InChI is InChI=1S/C16H18N3S.BrH/c1-18(2)11-5-7-13-15(9-11)20-16-10-12(19(3)4)6-8-14(16)17-13;/h5-10H,1-4H3;1H/q+1;/p-1. The Morgan fingerprint density at radius 3 is 1.57 bits per heavy atom. The molecule has 0 bridgehead atoms. The van der Waals surface area contributed by atoms with Crippen molar-refractivity contribution in [3.63, 3.8) is 0 Å². The summed E-state index contributed by atoms with van der Waals surface area (Å²) in [6, 6.07) is 12.8. The number of hydrogen-bond acceptors (Lipinski definition) is 3. The fourth-order valence-electron chi connectivity index (χ4n) is 2.16. The van der Waals surface area contributed by atoms with Crippen LogP contribution in [0.2, 0.25) is 0 Å². The van der Waals surface area contributed by atoms with Crippen LogP contribution in [-0.4, -0.2) is 33.2 Å². The van der Waals surface area contributed by atoms with Gasteiger partial charge in [-0.1, -0.05) is 0 Å². The Kier molecular flexibility index (Phi) is 4.64. The van der Waals surface area contributed by atoms with Gasteiger partial charge in [-0.3, -0.25) is 0 Å². The Bertz CT molecular complexity index is 724. The summed E-state index contributed by atoms with van der Waals surface area (Å²) < 4.78 is 2.44. The van der Waals surface area contributed by atoms with Crippen LogP contribution in [0, 0.1) is 0 Å². The number of hydrogen-bond donors (Lipinski definition) is 0. The van der Waals surface area contributed by atoms with Crippen LogP contribution in [0.4, 0.5) is 11.4 Å². The van der Waals surface area contributed by atoms with Gasteiger partial charge in [0.25, 0.3) is 9.40 Å². The van der Waals surface area contributed by atoms with Crippen LogP contribution < -0.4 is 26.8 Å². The van der Waals surface area contributed by atoms with E-state index in [1.807, 2.05) is 0 Å². The second-order valence-corrected chi connectivity index (χ2v) is 6.39. The van der Waals surface area contributed by atoms with E-state index in [1.165, 1.54) is 20.8 Å². The van der Waals surface area contributed by atoms with Crippen LogP contribution in [0.25, 0.3) is 20.4 Å². The minimum Gasteiger partial charge on any atom is -1.00 e. The van der Waals surface area contributed by atoms with Crippen LogP contribution in [0.15, 0.2) is 36.4 Å². The maximum absolute atomic E-state index is 4.75. The molecule has 0 unspecified atom stereocenters. The van der Waals surface area contributed by atoms with Crippen molar-refractivity contribution in [3.8, 4) is 0 Å². The number of aromatic nitrogens is 1. The summed E-state index contributed by atoms with van der Waals surface area (Å²) in [5, 5.41) is 0. The summed E-state index contributed by atoms with van der Waals surface area (Å²) in [7, 11) is 8.24. The summed E-state index contributed by atoms with van der Waals surface area (Å²) in [4.78, 5) is 8.99. The predicted molar refractivity (Wildman–Crippen MR) is 90.2 cm³/mol. The molecule has 0 saturated carbocycles. The van der Waals surface area contributed by atoms with Crippen LogP contribution >= 0.6 is 11.3 Å². The highest BCUT2D eigenvalue weighted by Crippen LogP contribution is 2.30. The molecule has 1 heterocycles. The molecule has 110 valence electrons. The molecule has 3 aromatic rings. The summed E-state index contributed by atoms with van der Waals surface area (Å²) in [5.41, 5.74) is 4.54. The largest absolute Gasteiger partial charge is 1.00 e. The molecule has 0 N–H and O–H groups in total. The van der Waals surface area contributed by atoms with Gasteiger partial charge in [-0.15, -0.1) is 0 Å². The van der Waals surface area contributed by atoms with E-state index in [2.05, 4.69) is 74.4 Å². The molecular formula is C16H18BrN3S. The highest BCUT2D eigenvalue weighted by molar-refractivity contribution is 7.24. The lowest BCUT2D eigenvalue weighted by Crippen LogP contribution is -3.00. The Morgan fingerprint density at radius 2 is 1.19 bits per heavy atom.